The van der Waals surface area contributed by atoms with Crippen molar-refractivity contribution < 1.29 is 4.39 Å². The first kappa shape index (κ1) is 13.5. The average molecular weight is 259 g/mol. The van der Waals surface area contributed by atoms with Crippen molar-refractivity contribution in [3.05, 3.63) is 59.7 Å². The van der Waals surface area contributed by atoms with Gasteiger partial charge in [0, 0.05) is 19.3 Å². The van der Waals surface area contributed by atoms with Gasteiger partial charge in [-0.25, -0.2) is 4.39 Å². The van der Waals surface area contributed by atoms with E-state index < -0.39 is 0 Å². The van der Waals surface area contributed by atoms with Crippen LogP contribution in [0.4, 0.5) is 10.1 Å². The molecule has 1 heterocycles. The van der Waals surface area contributed by atoms with Crippen LogP contribution in [0.25, 0.3) is 0 Å². The summed E-state index contributed by atoms with van der Waals surface area (Å²) in [5.74, 6) is -0.221. The third-order valence-electron chi connectivity index (χ3n) is 2.87. The average Bonchev–Trinajstić information content (AvgIpc) is 2.39. The number of nitrogens with one attached hydrogen (secondary N) is 1. The zero-order valence-corrected chi connectivity index (χ0v) is 11.2. The minimum atomic E-state index is -0.221. The quantitative estimate of drug-likeness (QED) is 0.894. The number of hydrogen-bond donors (Lipinski definition) is 1. The molecule has 0 spiro atoms. The third-order valence-corrected chi connectivity index (χ3v) is 2.87. The van der Waals surface area contributed by atoms with E-state index in [9.17, 15) is 4.39 Å². The molecule has 2 aromatic rings. The zero-order valence-electron chi connectivity index (χ0n) is 11.2. The Morgan fingerprint density at radius 1 is 1.16 bits per heavy atom. The Morgan fingerprint density at radius 2 is 1.89 bits per heavy atom. The molecule has 0 saturated heterocycles. The summed E-state index contributed by atoms with van der Waals surface area (Å²) >= 11 is 0. The summed E-state index contributed by atoms with van der Waals surface area (Å²) < 4.78 is 13.2. The Labute approximate surface area is 113 Å². The molecule has 0 bridgehead atoms. The van der Waals surface area contributed by atoms with Gasteiger partial charge in [-0.1, -0.05) is 12.1 Å². The van der Waals surface area contributed by atoms with Gasteiger partial charge in [0.25, 0.3) is 0 Å². The fourth-order valence-electron chi connectivity index (χ4n) is 1.94. The van der Waals surface area contributed by atoms with Gasteiger partial charge in [0.2, 0.25) is 0 Å². The van der Waals surface area contributed by atoms with E-state index in [0.29, 0.717) is 6.54 Å². The van der Waals surface area contributed by atoms with Crippen molar-refractivity contribution >= 4 is 5.69 Å². The van der Waals surface area contributed by atoms with Crippen LogP contribution in [0.3, 0.4) is 0 Å². The van der Waals surface area contributed by atoms with Crippen LogP contribution in [0.5, 0.6) is 0 Å². The molecule has 2 rings (SSSR count). The molecule has 0 aliphatic carbocycles. The molecule has 0 aliphatic heterocycles. The second-order valence-electron chi connectivity index (χ2n) is 4.49. The summed E-state index contributed by atoms with van der Waals surface area (Å²) in [5, 5.41) is 3.08. The molecule has 1 aromatic heterocycles. The topological polar surface area (TPSA) is 28.2 Å². The molecule has 0 saturated carbocycles. The first-order valence-corrected chi connectivity index (χ1v) is 6.25. The molecule has 4 heteroatoms. The minimum Gasteiger partial charge on any atom is -0.369 e. The molecule has 0 atom stereocenters. The normalized spacial score (nSPS) is 10.5. The Hall–Kier alpha value is -1.94. The van der Waals surface area contributed by atoms with Gasteiger partial charge in [0.05, 0.1) is 17.9 Å². The van der Waals surface area contributed by atoms with Gasteiger partial charge >= 0.3 is 0 Å². The van der Waals surface area contributed by atoms with Crippen LogP contribution in [0.2, 0.25) is 0 Å². The van der Waals surface area contributed by atoms with E-state index in [4.69, 9.17) is 0 Å². The Bertz CT molecular complexity index is 542. The van der Waals surface area contributed by atoms with Gasteiger partial charge in [0.15, 0.2) is 0 Å². The SMILES string of the molecule is CNCc1cccc(CN(C)c2cccc(F)c2)n1. The molecule has 0 unspecified atom stereocenters. The maximum Gasteiger partial charge on any atom is 0.125 e. The maximum absolute atomic E-state index is 13.2. The number of nitrogens with zero attached hydrogens (tertiary/aromatic N) is 2. The van der Waals surface area contributed by atoms with Crippen molar-refractivity contribution in [1.82, 2.24) is 10.3 Å². The number of aromatic nitrogens is 1. The predicted octanol–water partition coefficient (Wildman–Crippen LogP) is 2.58. The molecule has 0 aliphatic rings. The first-order chi connectivity index (χ1) is 9.19. The zero-order chi connectivity index (χ0) is 13.7. The van der Waals surface area contributed by atoms with Crippen LogP contribution in [0, 0.1) is 5.82 Å². The lowest BCUT2D eigenvalue weighted by atomic mass is 10.2. The number of benzene rings is 1. The van der Waals surface area contributed by atoms with E-state index >= 15 is 0 Å². The number of halogens is 1. The molecule has 1 N–H and O–H groups in total. The molecule has 3 nitrogen and oxygen atoms in total. The molecular weight excluding hydrogens is 241 g/mol. The highest BCUT2D eigenvalue weighted by Gasteiger charge is 2.04. The molecule has 0 radical (unpaired) electrons. The van der Waals surface area contributed by atoms with E-state index in [1.54, 1.807) is 6.07 Å². The van der Waals surface area contributed by atoms with Gasteiger partial charge in [-0.05, 0) is 37.4 Å². The smallest absolute Gasteiger partial charge is 0.125 e. The molecule has 0 fully saturated rings. The Morgan fingerprint density at radius 3 is 2.63 bits per heavy atom. The van der Waals surface area contributed by atoms with E-state index in [1.165, 1.54) is 12.1 Å². The van der Waals surface area contributed by atoms with Gasteiger partial charge in [-0.3, -0.25) is 4.98 Å². The third kappa shape index (κ3) is 3.76. The summed E-state index contributed by atoms with van der Waals surface area (Å²) in [7, 11) is 3.83. The number of hydrogen-bond acceptors (Lipinski definition) is 3. The van der Waals surface area contributed by atoms with E-state index in [2.05, 4.69) is 10.3 Å². The lowest BCUT2D eigenvalue weighted by Gasteiger charge is -2.19. The summed E-state index contributed by atoms with van der Waals surface area (Å²) in [6, 6.07) is 12.5. The molecule has 19 heavy (non-hydrogen) atoms. The van der Waals surface area contributed by atoms with Crippen LogP contribution in [-0.2, 0) is 13.1 Å². The maximum atomic E-state index is 13.2. The van der Waals surface area contributed by atoms with Crippen LogP contribution in [-0.4, -0.2) is 19.1 Å². The van der Waals surface area contributed by atoms with Crippen LogP contribution in [0.1, 0.15) is 11.4 Å². The van der Waals surface area contributed by atoms with E-state index in [1.807, 2.05) is 43.3 Å². The van der Waals surface area contributed by atoms with Gasteiger partial charge in [0.1, 0.15) is 5.82 Å². The van der Waals surface area contributed by atoms with Crippen LogP contribution < -0.4 is 10.2 Å². The summed E-state index contributed by atoms with van der Waals surface area (Å²) in [6.07, 6.45) is 0. The Balaban J connectivity index is 2.10. The van der Waals surface area contributed by atoms with E-state index in [0.717, 1.165) is 23.6 Å². The molecule has 1 aromatic carbocycles. The lowest BCUT2D eigenvalue weighted by Crippen LogP contribution is -2.18. The Kier molecular flexibility index (Phi) is 4.47. The molecular formula is C15H18FN3. The summed E-state index contributed by atoms with van der Waals surface area (Å²) in [5.41, 5.74) is 2.83. The highest BCUT2D eigenvalue weighted by atomic mass is 19.1. The fourth-order valence-corrected chi connectivity index (χ4v) is 1.94. The van der Waals surface area contributed by atoms with Crippen LogP contribution >= 0.6 is 0 Å². The molecule has 0 amide bonds. The minimum absolute atomic E-state index is 0.221. The lowest BCUT2D eigenvalue weighted by molar-refractivity contribution is 0.627. The second kappa shape index (κ2) is 6.29. The van der Waals surface area contributed by atoms with Gasteiger partial charge in [-0.2, -0.15) is 0 Å². The van der Waals surface area contributed by atoms with Crippen molar-refractivity contribution in [1.29, 1.82) is 0 Å². The largest absolute Gasteiger partial charge is 0.369 e. The van der Waals surface area contributed by atoms with E-state index in [-0.39, 0.29) is 5.82 Å². The van der Waals surface area contributed by atoms with Gasteiger partial charge in [-0.15, -0.1) is 0 Å². The van der Waals surface area contributed by atoms with Crippen molar-refractivity contribution in [3.8, 4) is 0 Å². The number of rotatable bonds is 5. The van der Waals surface area contributed by atoms with Crippen molar-refractivity contribution in [2.75, 3.05) is 19.0 Å². The first-order valence-electron chi connectivity index (χ1n) is 6.25. The standard InChI is InChI=1S/C15H18FN3/c1-17-10-13-6-4-7-14(18-13)11-19(2)15-8-3-5-12(16)9-15/h3-9,17H,10-11H2,1-2H3. The van der Waals surface area contributed by atoms with Crippen molar-refractivity contribution in [3.63, 3.8) is 0 Å². The van der Waals surface area contributed by atoms with Gasteiger partial charge < -0.3 is 10.2 Å². The fraction of sp³-hybridized carbons (Fsp3) is 0.267. The molecule has 100 valence electrons. The highest BCUT2D eigenvalue weighted by molar-refractivity contribution is 5.45. The summed E-state index contributed by atoms with van der Waals surface area (Å²) in [4.78, 5) is 6.53. The van der Waals surface area contributed by atoms with Crippen molar-refractivity contribution in [2.24, 2.45) is 0 Å². The predicted molar refractivity (Wildman–Crippen MR) is 75.5 cm³/mol. The monoisotopic (exact) mass is 259 g/mol. The highest BCUT2D eigenvalue weighted by Crippen LogP contribution is 2.16. The number of pyridine rings is 1. The van der Waals surface area contributed by atoms with Crippen molar-refractivity contribution in [2.45, 2.75) is 13.1 Å². The summed E-state index contributed by atoms with van der Waals surface area (Å²) in [6.45, 7) is 1.40. The second-order valence-corrected chi connectivity index (χ2v) is 4.49. The number of anilines is 1. The van der Waals surface area contributed by atoms with Crippen LogP contribution in [0.15, 0.2) is 42.5 Å².